The molecule has 3 aromatic carbocycles. The van der Waals surface area contributed by atoms with E-state index in [0.29, 0.717) is 12.0 Å². The van der Waals surface area contributed by atoms with Crippen molar-refractivity contribution in [1.82, 2.24) is 0 Å². The van der Waals surface area contributed by atoms with Crippen LogP contribution in [-0.4, -0.2) is 11.7 Å². The number of anilines is 1. The van der Waals surface area contributed by atoms with Crippen LogP contribution in [-0.2, 0) is 16.6 Å². The molecule has 4 heteroatoms. The number of nitrogens with one attached hydrogen (secondary N) is 1. The van der Waals surface area contributed by atoms with Crippen molar-refractivity contribution in [2.75, 3.05) is 5.32 Å². The molecule has 3 aromatic rings. The molecule has 0 saturated heterocycles. The number of rotatable bonds is 5. The van der Waals surface area contributed by atoms with Gasteiger partial charge in [0.1, 0.15) is 0 Å². The van der Waals surface area contributed by atoms with Crippen LogP contribution in [0, 0.1) is 0 Å². The normalized spacial score (nSPS) is 18.0. The maximum atomic E-state index is 13.2. The fourth-order valence-corrected chi connectivity index (χ4v) is 4.18. The smallest absolute Gasteiger partial charge is 0.235 e. The molecular formula is C23H18BrNO2. The molecule has 1 aliphatic rings. The zero-order valence-corrected chi connectivity index (χ0v) is 16.2. The third-order valence-electron chi connectivity index (χ3n) is 5.13. The lowest BCUT2D eigenvalue weighted by molar-refractivity contribution is -0.120. The minimum Gasteiger partial charge on any atom is -0.325 e. The molecule has 0 unspecified atom stereocenters. The Morgan fingerprint density at radius 2 is 1.56 bits per heavy atom. The highest BCUT2D eigenvalue weighted by Crippen LogP contribution is 2.44. The number of carbonyl (C=O) groups excluding carboxylic acids is 2. The minimum absolute atomic E-state index is 0.0329. The third-order valence-corrected chi connectivity index (χ3v) is 5.91. The van der Waals surface area contributed by atoms with Gasteiger partial charge in [-0.3, -0.25) is 9.59 Å². The first-order valence-electron chi connectivity index (χ1n) is 8.83. The molecule has 0 fully saturated rings. The molecule has 27 heavy (non-hydrogen) atoms. The maximum Gasteiger partial charge on any atom is 0.235 e. The molecule has 4 rings (SSSR count). The van der Waals surface area contributed by atoms with Gasteiger partial charge in [-0.05, 0) is 29.7 Å². The lowest BCUT2D eigenvalue weighted by atomic mass is 9.72. The fraction of sp³-hybridized carbons (Fsp3) is 0.130. The summed E-state index contributed by atoms with van der Waals surface area (Å²) < 4.78 is 0.939. The fourth-order valence-electron chi connectivity index (χ4n) is 3.75. The van der Waals surface area contributed by atoms with Crippen LogP contribution in [0.1, 0.15) is 27.9 Å². The van der Waals surface area contributed by atoms with Gasteiger partial charge in [0, 0.05) is 22.1 Å². The van der Waals surface area contributed by atoms with Gasteiger partial charge in [0.2, 0.25) is 5.91 Å². The highest BCUT2D eigenvalue weighted by atomic mass is 79.9. The number of hydrogen-bond donors (Lipinski definition) is 1. The summed E-state index contributed by atoms with van der Waals surface area (Å²) in [5.41, 5.74) is 2.38. The van der Waals surface area contributed by atoms with Gasteiger partial charge < -0.3 is 5.32 Å². The van der Waals surface area contributed by atoms with E-state index in [1.165, 1.54) is 0 Å². The van der Waals surface area contributed by atoms with Crippen molar-refractivity contribution >= 4 is 33.3 Å². The predicted molar refractivity (Wildman–Crippen MR) is 110 cm³/mol. The summed E-state index contributed by atoms with van der Waals surface area (Å²) in [5, 5.41) is 2.98. The van der Waals surface area contributed by atoms with Crippen molar-refractivity contribution in [1.29, 1.82) is 0 Å². The zero-order chi connectivity index (χ0) is 18.9. The summed E-state index contributed by atoms with van der Waals surface area (Å²) in [4.78, 5) is 26.2. The highest BCUT2D eigenvalue weighted by Gasteiger charge is 2.48. The molecule has 0 bridgehead atoms. The number of hydrogen-bond acceptors (Lipinski definition) is 2. The molecule has 1 aliphatic heterocycles. The Morgan fingerprint density at radius 1 is 0.889 bits per heavy atom. The number of benzene rings is 3. The number of fused-ring (bicyclic) bond motifs is 1. The Kier molecular flexibility index (Phi) is 4.66. The quantitative estimate of drug-likeness (QED) is 0.580. The van der Waals surface area contributed by atoms with Gasteiger partial charge in [-0.25, -0.2) is 0 Å². The van der Waals surface area contributed by atoms with Gasteiger partial charge in [0.05, 0.1) is 5.41 Å². The first-order valence-corrected chi connectivity index (χ1v) is 9.62. The van der Waals surface area contributed by atoms with E-state index in [9.17, 15) is 9.59 Å². The second-order valence-corrected chi connectivity index (χ2v) is 7.67. The van der Waals surface area contributed by atoms with Crippen LogP contribution >= 0.6 is 15.9 Å². The monoisotopic (exact) mass is 419 g/mol. The molecule has 1 atom stereocenters. The van der Waals surface area contributed by atoms with Gasteiger partial charge >= 0.3 is 0 Å². The molecule has 0 radical (unpaired) electrons. The molecule has 0 spiro atoms. The average molecular weight is 420 g/mol. The molecule has 1 N–H and O–H groups in total. The lowest BCUT2D eigenvalue weighted by Crippen LogP contribution is -2.39. The Bertz CT molecular complexity index is 1020. The van der Waals surface area contributed by atoms with Gasteiger partial charge in [0.25, 0.3) is 0 Å². The highest BCUT2D eigenvalue weighted by molar-refractivity contribution is 9.10. The Morgan fingerprint density at radius 3 is 2.33 bits per heavy atom. The molecule has 134 valence electrons. The topological polar surface area (TPSA) is 46.2 Å². The number of para-hydroxylation sites is 1. The van der Waals surface area contributed by atoms with Crippen molar-refractivity contribution in [2.24, 2.45) is 0 Å². The Labute approximate surface area is 166 Å². The molecule has 3 nitrogen and oxygen atoms in total. The van der Waals surface area contributed by atoms with Crippen LogP contribution in [0.3, 0.4) is 0 Å². The Hall–Kier alpha value is -2.72. The lowest BCUT2D eigenvalue weighted by Gasteiger charge is -2.27. The third kappa shape index (κ3) is 3.21. The summed E-state index contributed by atoms with van der Waals surface area (Å²) in [5.74, 6) is -0.154. The van der Waals surface area contributed by atoms with E-state index in [2.05, 4.69) is 21.2 Å². The molecule has 0 aromatic heterocycles. The second kappa shape index (κ2) is 7.12. The molecule has 1 amide bonds. The van der Waals surface area contributed by atoms with Gasteiger partial charge in [-0.15, -0.1) is 0 Å². The van der Waals surface area contributed by atoms with Crippen molar-refractivity contribution in [3.05, 3.63) is 100 Å². The molecule has 0 aliphatic carbocycles. The van der Waals surface area contributed by atoms with Crippen LogP contribution in [0.4, 0.5) is 5.69 Å². The molecule has 0 saturated carbocycles. The Balaban J connectivity index is 1.80. The number of ketones is 1. The number of Topliss-reactive ketones (excluding diaryl/α,β-unsaturated/α-hetero) is 1. The summed E-state index contributed by atoms with van der Waals surface area (Å²) >= 11 is 3.58. The van der Waals surface area contributed by atoms with Crippen LogP contribution in [0.5, 0.6) is 0 Å². The van der Waals surface area contributed by atoms with Crippen molar-refractivity contribution in [3.8, 4) is 0 Å². The van der Waals surface area contributed by atoms with Crippen molar-refractivity contribution < 1.29 is 9.59 Å². The summed E-state index contributed by atoms with van der Waals surface area (Å²) in [7, 11) is 0. The predicted octanol–water partition coefficient (Wildman–Crippen LogP) is 5.15. The van der Waals surface area contributed by atoms with Crippen LogP contribution in [0.25, 0.3) is 0 Å². The van der Waals surface area contributed by atoms with E-state index in [0.717, 1.165) is 21.3 Å². The van der Waals surface area contributed by atoms with Crippen LogP contribution in [0.2, 0.25) is 0 Å². The van der Waals surface area contributed by atoms with Crippen molar-refractivity contribution in [2.45, 2.75) is 18.3 Å². The second-order valence-electron chi connectivity index (χ2n) is 6.82. The summed E-state index contributed by atoms with van der Waals surface area (Å²) in [6.45, 7) is 0. The summed E-state index contributed by atoms with van der Waals surface area (Å²) in [6.07, 6.45) is 0.580. The van der Waals surface area contributed by atoms with Crippen molar-refractivity contribution in [3.63, 3.8) is 0 Å². The first kappa shape index (κ1) is 17.7. The standard InChI is InChI=1S/C23H18BrNO2/c24-19-12-6-4-10-17(19)14-23(15-21(26)16-8-2-1-3-9-16)18-11-5-7-13-20(18)25-22(23)27/h1-13H,14-15H2,(H,25,27)/t23-/m0/s1. The number of amides is 1. The summed E-state index contributed by atoms with van der Waals surface area (Å²) in [6, 6.07) is 24.7. The SMILES string of the molecule is O=C(C[C@]1(Cc2ccccc2Br)C(=O)Nc2ccccc21)c1ccccc1. The average Bonchev–Trinajstić information content (AvgIpc) is 2.96. The van der Waals surface area contributed by atoms with E-state index in [-0.39, 0.29) is 18.1 Å². The number of carbonyl (C=O) groups is 2. The zero-order valence-electron chi connectivity index (χ0n) is 14.6. The van der Waals surface area contributed by atoms with E-state index in [4.69, 9.17) is 0 Å². The van der Waals surface area contributed by atoms with Gasteiger partial charge in [-0.1, -0.05) is 82.7 Å². The maximum absolute atomic E-state index is 13.2. The molecular weight excluding hydrogens is 402 g/mol. The van der Waals surface area contributed by atoms with E-state index >= 15 is 0 Å². The van der Waals surface area contributed by atoms with Gasteiger partial charge in [-0.2, -0.15) is 0 Å². The van der Waals surface area contributed by atoms with E-state index in [1.54, 1.807) is 12.1 Å². The van der Waals surface area contributed by atoms with E-state index < -0.39 is 5.41 Å². The van der Waals surface area contributed by atoms with Gasteiger partial charge in [0.15, 0.2) is 5.78 Å². The van der Waals surface area contributed by atoms with E-state index in [1.807, 2.05) is 66.7 Å². The number of halogens is 1. The van der Waals surface area contributed by atoms with Crippen LogP contribution < -0.4 is 5.32 Å². The largest absolute Gasteiger partial charge is 0.325 e. The molecule has 1 heterocycles. The first-order chi connectivity index (χ1) is 13.1. The van der Waals surface area contributed by atoms with Crippen LogP contribution in [0.15, 0.2) is 83.3 Å². The minimum atomic E-state index is -0.923.